The lowest BCUT2D eigenvalue weighted by atomic mass is 9.84. The van der Waals surface area contributed by atoms with Gasteiger partial charge in [-0.25, -0.2) is 0 Å². The summed E-state index contributed by atoms with van der Waals surface area (Å²) in [5.74, 6) is -2.49. The molecule has 39 heavy (non-hydrogen) atoms. The highest BCUT2D eigenvalue weighted by Crippen LogP contribution is 2.28. The lowest BCUT2D eigenvalue weighted by molar-refractivity contribution is -0.160. The molecule has 0 saturated carbocycles. The van der Waals surface area contributed by atoms with Crippen molar-refractivity contribution in [3.63, 3.8) is 0 Å². The van der Waals surface area contributed by atoms with Gasteiger partial charge in [0.05, 0.1) is 11.8 Å². The van der Waals surface area contributed by atoms with Gasteiger partial charge >= 0.3 is 11.9 Å². The molecule has 0 fully saturated rings. The number of hydrogen-bond acceptors (Lipinski definition) is 3. The van der Waals surface area contributed by atoms with Crippen LogP contribution in [0.15, 0.2) is 12.2 Å². The smallest absolute Gasteiger partial charge is 0.313 e. The Hall–Kier alpha value is -1.32. The zero-order valence-electron chi connectivity index (χ0n) is 25.9. The lowest BCUT2D eigenvalue weighted by Crippen LogP contribution is -2.33. The first-order valence-electron chi connectivity index (χ1n) is 17.2. The molecular weight excluding hydrogens is 484 g/mol. The highest BCUT2D eigenvalue weighted by atomic mass is 16.5. The summed E-state index contributed by atoms with van der Waals surface area (Å²) in [6.07, 6.45) is 35.6. The average Bonchev–Trinajstić information content (AvgIpc) is 2.94. The van der Waals surface area contributed by atoms with Crippen LogP contribution < -0.4 is 0 Å². The number of carbonyl (C=O) groups excluding carboxylic acids is 1. The minimum Gasteiger partial charge on any atom is -0.481 e. The molecule has 0 saturated heterocycles. The van der Waals surface area contributed by atoms with E-state index in [1.165, 1.54) is 128 Å². The Morgan fingerprint density at radius 3 is 1.44 bits per heavy atom. The SMILES string of the molecule is CCCCCCCCCCCCCCCCCC(CCCCCCCCC)OC(=O)C1C=CCCC1C(=O)O. The van der Waals surface area contributed by atoms with Crippen LogP contribution in [-0.4, -0.2) is 23.1 Å². The number of unbranched alkanes of at least 4 members (excludes halogenated alkanes) is 20. The van der Waals surface area contributed by atoms with Crippen LogP contribution in [0.25, 0.3) is 0 Å². The maximum absolute atomic E-state index is 13.0. The van der Waals surface area contributed by atoms with Crippen LogP contribution >= 0.6 is 0 Å². The Labute approximate surface area is 242 Å². The molecule has 0 aromatic carbocycles. The average molecular weight is 549 g/mol. The second-order valence-electron chi connectivity index (χ2n) is 12.2. The number of ether oxygens (including phenoxy) is 1. The van der Waals surface area contributed by atoms with Gasteiger partial charge in [-0.2, -0.15) is 0 Å². The molecular formula is C35H64O4. The van der Waals surface area contributed by atoms with Crippen LogP contribution in [0.1, 0.15) is 181 Å². The van der Waals surface area contributed by atoms with Gasteiger partial charge in [0, 0.05) is 0 Å². The van der Waals surface area contributed by atoms with Crippen molar-refractivity contribution in [2.24, 2.45) is 11.8 Å². The molecule has 4 nitrogen and oxygen atoms in total. The van der Waals surface area contributed by atoms with Crippen molar-refractivity contribution in [2.45, 2.75) is 187 Å². The molecule has 3 atom stereocenters. The third kappa shape index (κ3) is 19.4. The fourth-order valence-corrected chi connectivity index (χ4v) is 5.93. The zero-order valence-corrected chi connectivity index (χ0v) is 25.9. The summed E-state index contributed by atoms with van der Waals surface area (Å²) in [6.45, 7) is 4.52. The molecule has 0 bridgehead atoms. The third-order valence-electron chi connectivity index (χ3n) is 8.55. The Morgan fingerprint density at radius 2 is 1.05 bits per heavy atom. The molecule has 0 aromatic heterocycles. The van der Waals surface area contributed by atoms with E-state index < -0.39 is 17.8 Å². The van der Waals surface area contributed by atoms with E-state index in [9.17, 15) is 14.7 Å². The molecule has 0 radical (unpaired) electrons. The molecule has 1 aliphatic rings. The van der Waals surface area contributed by atoms with E-state index in [1.54, 1.807) is 6.08 Å². The van der Waals surface area contributed by atoms with Gasteiger partial charge in [0.2, 0.25) is 0 Å². The van der Waals surface area contributed by atoms with E-state index in [4.69, 9.17) is 4.74 Å². The Bertz CT molecular complexity index is 614. The van der Waals surface area contributed by atoms with E-state index in [-0.39, 0.29) is 12.1 Å². The summed E-state index contributed by atoms with van der Waals surface area (Å²) in [5, 5.41) is 9.56. The van der Waals surface area contributed by atoms with Crippen LogP contribution in [0, 0.1) is 11.8 Å². The number of aliphatic carboxylic acids is 1. The first-order valence-corrected chi connectivity index (χ1v) is 17.2. The predicted octanol–water partition coefficient (Wildman–Crippen LogP) is 11.0. The molecule has 0 amide bonds. The predicted molar refractivity (Wildman–Crippen MR) is 165 cm³/mol. The fraction of sp³-hybridized carbons (Fsp3) is 0.886. The van der Waals surface area contributed by atoms with Gasteiger partial charge in [-0.15, -0.1) is 0 Å². The molecule has 3 unspecified atom stereocenters. The third-order valence-corrected chi connectivity index (χ3v) is 8.55. The minimum absolute atomic E-state index is 0.0696. The second-order valence-corrected chi connectivity index (χ2v) is 12.2. The highest BCUT2D eigenvalue weighted by molar-refractivity contribution is 5.83. The number of carboxylic acid groups (broad SMARTS) is 1. The molecule has 0 aliphatic heterocycles. The summed E-state index contributed by atoms with van der Waals surface area (Å²) in [7, 11) is 0. The van der Waals surface area contributed by atoms with Crippen molar-refractivity contribution in [3.8, 4) is 0 Å². The molecule has 4 heteroatoms. The topological polar surface area (TPSA) is 63.6 Å². The van der Waals surface area contributed by atoms with Crippen LogP contribution in [0.2, 0.25) is 0 Å². The fourth-order valence-electron chi connectivity index (χ4n) is 5.93. The first kappa shape index (κ1) is 35.7. The minimum atomic E-state index is -0.882. The van der Waals surface area contributed by atoms with Crippen molar-refractivity contribution >= 4 is 11.9 Å². The Kier molecular flexibility index (Phi) is 23.5. The van der Waals surface area contributed by atoms with Crippen molar-refractivity contribution in [3.05, 3.63) is 12.2 Å². The number of esters is 1. The number of allylic oxidation sites excluding steroid dienone is 1. The Morgan fingerprint density at radius 1 is 0.667 bits per heavy atom. The van der Waals surface area contributed by atoms with Gasteiger partial charge in [-0.1, -0.05) is 154 Å². The molecule has 228 valence electrons. The van der Waals surface area contributed by atoms with Crippen LogP contribution in [-0.2, 0) is 14.3 Å². The maximum atomic E-state index is 13.0. The van der Waals surface area contributed by atoms with E-state index in [2.05, 4.69) is 13.8 Å². The van der Waals surface area contributed by atoms with Crippen LogP contribution in [0.3, 0.4) is 0 Å². The van der Waals surface area contributed by atoms with Gasteiger partial charge in [0.15, 0.2) is 0 Å². The van der Waals surface area contributed by atoms with E-state index >= 15 is 0 Å². The number of carbonyl (C=O) groups is 2. The van der Waals surface area contributed by atoms with Gasteiger partial charge < -0.3 is 9.84 Å². The van der Waals surface area contributed by atoms with Gasteiger partial charge in [0.1, 0.15) is 6.10 Å². The number of hydrogen-bond donors (Lipinski definition) is 1. The molecule has 1 N–H and O–H groups in total. The summed E-state index contributed by atoms with van der Waals surface area (Å²) >= 11 is 0. The maximum Gasteiger partial charge on any atom is 0.313 e. The molecule has 1 aliphatic carbocycles. The van der Waals surface area contributed by atoms with Gasteiger partial charge in [-0.3, -0.25) is 9.59 Å². The quantitative estimate of drug-likeness (QED) is 0.0630. The van der Waals surface area contributed by atoms with Gasteiger partial charge in [-0.05, 0) is 38.5 Å². The molecule has 0 heterocycles. The monoisotopic (exact) mass is 548 g/mol. The standard InChI is InChI=1S/C35H64O4/c1-3-5-7-9-11-12-13-14-15-16-17-18-20-22-24-28-31(27-23-21-19-10-8-6-4-2)39-35(38)33-30-26-25-29-32(33)34(36)37/h26,30-33H,3-25,27-29H2,1-2H3,(H,36,37). The molecule has 0 spiro atoms. The van der Waals surface area contributed by atoms with E-state index in [0.717, 1.165) is 32.1 Å². The van der Waals surface area contributed by atoms with Crippen molar-refractivity contribution in [1.29, 1.82) is 0 Å². The second kappa shape index (κ2) is 25.6. The highest BCUT2D eigenvalue weighted by Gasteiger charge is 2.35. The molecule has 1 rings (SSSR count). The van der Waals surface area contributed by atoms with Crippen LogP contribution in [0.5, 0.6) is 0 Å². The van der Waals surface area contributed by atoms with Crippen molar-refractivity contribution < 1.29 is 19.4 Å². The van der Waals surface area contributed by atoms with Crippen molar-refractivity contribution in [1.82, 2.24) is 0 Å². The lowest BCUT2D eigenvalue weighted by Gasteiger charge is -2.26. The summed E-state index contributed by atoms with van der Waals surface area (Å²) in [5.41, 5.74) is 0. The van der Waals surface area contributed by atoms with Crippen LogP contribution in [0.4, 0.5) is 0 Å². The number of carboxylic acids is 1. The normalized spacial score (nSPS) is 17.8. The van der Waals surface area contributed by atoms with Crippen molar-refractivity contribution in [2.75, 3.05) is 0 Å². The van der Waals surface area contributed by atoms with E-state index in [0.29, 0.717) is 6.42 Å². The zero-order chi connectivity index (χ0) is 28.4. The molecule has 0 aromatic rings. The van der Waals surface area contributed by atoms with Gasteiger partial charge in [0.25, 0.3) is 0 Å². The summed E-state index contributed by atoms with van der Waals surface area (Å²) in [6, 6.07) is 0. The first-order chi connectivity index (χ1) is 19.1. The van der Waals surface area contributed by atoms with E-state index in [1.807, 2.05) is 6.08 Å². The summed E-state index contributed by atoms with van der Waals surface area (Å²) < 4.78 is 5.98. The number of rotatable bonds is 27. The Balaban J connectivity index is 2.25. The largest absolute Gasteiger partial charge is 0.481 e. The summed E-state index contributed by atoms with van der Waals surface area (Å²) in [4.78, 5) is 24.6.